The zero-order valence-corrected chi connectivity index (χ0v) is 15.9. The summed E-state index contributed by atoms with van der Waals surface area (Å²) in [4.78, 5) is 8.79. The van der Waals surface area contributed by atoms with E-state index in [1.54, 1.807) is 6.20 Å². The summed E-state index contributed by atoms with van der Waals surface area (Å²) in [5.41, 5.74) is 2.46. The van der Waals surface area contributed by atoms with Crippen molar-refractivity contribution in [1.29, 1.82) is 0 Å². The number of unbranched alkanes of at least 4 members (excludes halogenated alkanes) is 1. The Bertz CT molecular complexity index is 639. The van der Waals surface area contributed by atoms with Crippen molar-refractivity contribution in [3.05, 3.63) is 54.1 Å². The zero-order chi connectivity index (χ0) is 18.5. The van der Waals surface area contributed by atoms with Crippen molar-refractivity contribution >= 4 is 5.96 Å². The second kappa shape index (κ2) is 12.1. The van der Waals surface area contributed by atoms with Gasteiger partial charge in [0.2, 0.25) is 0 Å². The summed E-state index contributed by atoms with van der Waals surface area (Å²) in [5, 5.41) is 6.69. The van der Waals surface area contributed by atoms with Gasteiger partial charge in [-0.1, -0.05) is 24.3 Å². The number of aromatic nitrogens is 2. The molecule has 0 spiro atoms. The van der Waals surface area contributed by atoms with Gasteiger partial charge in [0, 0.05) is 45.2 Å². The zero-order valence-electron chi connectivity index (χ0n) is 15.9. The fraction of sp³-hybridized carbons (Fsp3) is 0.500. The van der Waals surface area contributed by atoms with E-state index >= 15 is 0 Å². The third-order valence-corrected chi connectivity index (χ3v) is 3.89. The van der Waals surface area contributed by atoms with Gasteiger partial charge in [0.25, 0.3) is 0 Å². The highest BCUT2D eigenvalue weighted by molar-refractivity contribution is 5.79. The molecule has 2 rings (SSSR count). The van der Waals surface area contributed by atoms with E-state index in [1.165, 1.54) is 11.1 Å². The van der Waals surface area contributed by atoms with E-state index in [0.717, 1.165) is 51.6 Å². The highest BCUT2D eigenvalue weighted by atomic mass is 16.5. The summed E-state index contributed by atoms with van der Waals surface area (Å²) in [6.45, 7) is 8.97. The number of hydrogen-bond donors (Lipinski definition) is 2. The van der Waals surface area contributed by atoms with Crippen LogP contribution in [0.15, 0.2) is 48.0 Å². The van der Waals surface area contributed by atoms with E-state index in [2.05, 4.69) is 51.4 Å². The quantitative estimate of drug-likeness (QED) is 0.369. The Labute approximate surface area is 156 Å². The van der Waals surface area contributed by atoms with Crippen molar-refractivity contribution in [3.63, 3.8) is 0 Å². The van der Waals surface area contributed by atoms with Gasteiger partial charge in [-0.15, -0.1) is 0 Å². The first-order valence-corrected chi connectivity index (χ1v) is 9.45. The highest BCUT2D eigenvalue weighted by Crippen LogP contribution is 2.08. The molecule has 0 radical (unpaired) electrons. The van der Waals surface area contributed by atoms with E-state index in [1.807, 2.05) is 19.4 Å². The number of imidazole rings is 1. The maximum Gasteiger partial charge on any atom is 0.191 e. The lowest BCUT2D eigenvalue weighted by molar-refractivity contribution is 0.143. The molecule has 0 aliphatic rings. The van der Waals surface area contributed by atoms with Crippen molar-refractivity contribution in [1.82, 2.24) is 20.2 Å². The van der Waals surface area contributed by atoms with Crippen LogP contribution in [-0.2, 0) is 17.8 Å². The molecule has 0 amide bonds. The molecule has 2 aromatic rings. The van der Waals surface area contributed by atoms with Crippen LogP contribution in [0.3, 0.4) is 0 Å². The van der Waals surface area contributed by atoms with Gasteiger partial charge < -0.3 is 19.9 Å². The second-order valence-corrected chi connectivity index (χ2v) is 6.08. The van der Waals surface area contributed by atoms with Gasteiger partial charge in [-0.25, -0.2) is 9.98 Å². The van der Waals surface area contributed by atoms with Crippen LogP contribution in [0.5, 0.6) is 0 Å². The standard InChI is InChI=1S/C20H31N5O/c1-3-22-20(23-10-5-6-13-26-4-2)24-15-18-8-7-9-19(14-18)16-25-12-11-21-17-25/h7-9,11-12,14,17H,3-6,10,13,15-16H2,1-2H3,(H2,22,23,24). The summed E-state index contributed by atoms with van der Waals surface area (Å²) in [6, 6.07) is 8.54. The number of nitrogens with zero attached hydrogens (tertiary/aromatic N) is 3. The second-order valence-electron chi connectivity index (χ2n) is 6.08. The summed E-state index contributed by atoms with van der Waals surface area (Å²) < 4.78 is 7.43. The van der Waals surface area contributed by atoms with Crippen LogP contribution in [0.2, 0.25) is 0 Å². The molecule has 0 fully saturated rings. The van der Waals surface area contributed by atoms with Gasteiger partial charge in [-0.3, -0.25) is 0 Å². The Balaban J connectivity index is 1.83. The highest BCUT2D eigenvalue weighted by Gasteiger charge is 2.00. The lowest BCUT2D eigenvalue weighted by Gasteiger charge is -2.11. The molecular weight excluding hydrogens is 326 g/mol. The van der Waals surface area contributed by atoms with Crippen LogP contribution in [-0.4, -0.2) is 41.8 Å². The topological polar surface area (TPSA) is 63.5 Å². The first-order valence-electron chi connectivity index (χ1n) is 9.45. The third kappa shape index (κ3) is 7.70. The molecule has 0 saturated heterocycles. The number of nitrogens with one attached hydrogen (secondary N) is 2. The molecule has 0 atom stereocenters. The van der Waals surface area contributed by atoms with Crippen LogP contribution < -0.4 is 10.6 Å². The lowest BCUT2D eigenvalue weighted by atomic mass is 10.1. The maximum absolute atomic E-state index is 5.36. The van der Waals surface area contributed by atoms with E-state index in [0.29, 0.717) is 6.54 Å². The van der Waals surface area contributed by atoms with Crippen molar-refractivity contribution in [2.24, 2.45) is 4.99 Å². The molecule has 1 aromatic heterocycles. The largest absolute Gasteiger partial charge is 0.382 e. The Morgan fingerprint density at radius 2 is 2.08 bits per heavy atom. The van der Waals surface area contributed by atoms with E-state index in [-0.39, 0.29) is 0 Å². The average Bonchev–Trinajstić information content (AvgIpc) is 3.16. The fourth-order valence-corrected chi connectivity index (χ4v) is 2.61. The Morgan fingerprint density at radius 3 is 2.85 bits per heavy atom. The van der Waals surface area contributed by atoms with Crippen molar-refractivity contribution in [3.8, 4) is 0 Å². The molecule has 0 aliphatic carbocycles. The van der Waals surface area contributed by atoms with E-state index in [9.17, 15) is 0 Å². The average molecular weight is 358 g/mol. The molecule has 1 aromatic carbocycles. The molecule has 6 nitrogen and oxygen atoms in total. The minimum Gasteiger partial charge on any atom is -0.382 e. The van der Waals surface area contributed by atoms with Gasteiger partial charge in [0.1, 0.15) is 0 Å². The number of hydrogen-bond acceptors (Lipinski definition) is 3. The number of aliphatic imine (C=N–C) groups is 1. The third-order valence-electron chi connectivity index (χ3n) is 3.89. The van der Waals surface area contributed by atoms with Crippen LogP contribution in [0.25, 0.3) is 0 Å². The molecule has 0 saturated carbocycles. The number of rotatable bonds is 11. The first kappa shape index (κ1) is 20.0. The first-order chi connectivity index (χ1) is 12.8. The van der Waals surface area contributed by atoms with Gasteiger partial charge in [-0.2, -0.15) is 0 Å². The number of benzene rings is 1. The van der Waals surface area contributed by atoms with Crippen LogP contribution >= 0.6 is 0 Å². The molecule has 2 N–H and O–H groups in total. The molecular formula is C20H31N5O. The van der Waals surface area contributed by atoms with Gasteiger partial charge >= 0.3 is 0 Å². The van der Waals surface area contributed by atoms with Crippen molar-refractivity contribution < 1.29 is 4.74 Å². The molecule has 6 heteroatoms. The Morgan fingerprint density at radius 1 is 1.19 bits per heavy atom. The van der Waals surface area contributed by atoms with Gasteiger partial charge in [0.05, 0.1) is 12.9 Å². The molecule has 1 heterocycles. The van der Waals surface area contributed by atoms with Gasteiger partial charge in [0.15, 0.2) is 5.96 Å². The SMILES string of the molecule is CCNC(=NCc1cccc(Cn2ccnc2)c1)NCCCCOCC. The fourth-order valence-electron chi connectivity index (χ4n) is 2.61. The van der Waals surface area contributed by atoms with Crippen LogP contribution in [0.4, 0.5) is 0 Å². The minimum absolute atomic E-state index is 0.659. The number of ether oxygens (including phenoxy) is 1. The Kier molecular flexibility index (Phi) is 9.29. The molecule has 0 aliphatic heterocycles. The summed E-state index contributed by atoms with van der Waals surface area (Å²) >= 11 is 0. The van der Waals surface area contributed by atoms with E-state index in [4.69, 9.17) is 9.73 Å². The molecule has 0 bridgehead atoms. The van der Waals surface area contributed by atoms with Crippen LogP contribution in [0.1, 0.15) is 37.8 Å². The lowest BCUT2D eigenvalue weighted by Crippen LogP contribution is -2.37. The summed E-state index contributed by atoms with van der Waals surface area (Å²) in [6.07, 6.45) is 7.76. The normalized spacial score (nSPS) is 11.5. The molecule has 26 heavy (non-hydrogen) atoms. The predicted octanol–water partition coefficient (Wildman–Crippen LogP) is 2.80. The number of guanidine groups is 1. The minimum atomic E-state index is 0.659. The monoisotopic (exact) mass is 357 g/mol. The maximum atomic E-state index is 5.36. The van der Waals surface area contributed by atoms with Crippen LogP contribution in [0, 0.1) is 0 Å². The van der Waals surface area contributed by atoms with Gasteiger partial charge in [-0.05, 0) is 37.8 Å². The van der Waals surface area contributed by atoms with Crippen molar-refractivity contribution in [2.75, 3.05) is 26.3 Å². The molecule has 142 valence electrons. The summed E-state index contributed by atoms with van der Waals surface area (Å²) in [7, 11) is 0. The molecule has 0 unspecified atom stereocenters. The van der Waals surface area contributed by atoms with Crippen molar-refractivity contribution in [2.45, 2.75) is 39.8 Å². The van der Waals surface area contributed by atoms with E-state index < -0.39 is 0 Å². The Hall–Kier alpha value is -2.34. The smallest absolute Gasteiger partial charge is 0.191 e. The summed E-state index contributed by atoms with van der Waals surface area (Å²) in [5.74, 6) is 0.865. The predicted molar refractivity (Wildman–Crippen MR) is 106 cm³/mol.